The number of rotatable bonds is 6. The fourth-order valence-corrected chi connectivity index (χ4v) is 2.08. The van der Waals surface area contributed by atoms with Crippen LogP contribution in [0.3, 0.4) is 0 Å². The molecule has 1 atom stereocenters. The predicted octanol–water partition coefficient (Wildman–Crippen LogP) is 0.0125. The third-order valence-corrected chi connectivity index (χ3v) is 3.35. The van der Waals surface area contributed by atoms with Gasteiger partial charge in [-0.15, -0.1) is 11.3 Å². The van der Waals surface area contributed by atoms with Crippen LogP contribution in [0.4, 0.5) is 4.79 Å². The smallest absolute Gasteiger partial charge is 0.322 e. The number of thiazole rings is 1. The van der Waals surface area contributed by atoms with Crippen molar-refractivity contribution in [1.82, 2.24) is 20.9 Å². The van der Waals surface area contributed by atoms with Gasteiger partial charge in [0.1, 0.15) is 11.6 Å². The van der Waals surface area contributed by atoms with Crippen molar-refractivity contribution in [2.45, 2.75) is 19.9 Å². The molecule has 0 bridgehead atoms. The van der Waals surface area contributed by atoms with Crippen molar-refractivity contribution >= 4 is 29.2 Å². The highest BCUT2D eigenvalue weighted by Gasteiger charge is 2.13. The van der Waals surface area contributed by atoms with E-state index in [1.54, 1.807) is 6.92 Å². The molecule has 1 aromatic rings. The highest BCUT2D eigenvalue weighted by molar-refractivity contribution is 7.09. The number of aromatic nitrogens is 1. The number of carbonyl (C=O) groups excluding carboxylic acids is 2. The fraction of sp³-hybridized carbons (Fsp3) is 0.455. The van der Waals surface area contributed by atoms with E-state index in [4.69, 9.17) is 5.11 Å². The average molecular weight is 300 g/mol. The molecule has 0 aliphatic carbocycles. The van der Waals surface area contributed by atoms with Crippen molar-refractivity contribution in [3.05, 3.63) is 16.1 Å². The van der Waals surface area contributed by atoms with Gasteiger partial charge in [-0.25, -0.2) is 9.78 Å². The average Bonchev–Trinajstić information content (AvgIpc) is 2.80. The number of carboxylic acids is 1. The third kappa shape index (κ3) is 5.65. The fourth-order valence-electron chi connectivity index (χ4n) is 1.28. The molecule has 1 heterocycles. The molecule has 1 unspecified atom stereocenters. The first-order valence-corrected chi connectivity index (χ1v) is 6.71. The van der Waals surface area contributed by atoms with Crippen molar-refractivity contribution in [1.29, 1.82) is 0 Å². The highest BCUT2D eigenvalue weighted by atomic mass is 32.1. The Morgan fingerprint density at radius 1 is 1.35 bits per heavy atom. The summed E-state index contributed by atoms with van der Waals surface area (Å²) in [6, 6.07) is -0.786. The van der Waals surface area contributed by atoms with Crippen molar-refractivity contribution in [3.63, 3.8) is 0 Å². The van der Waals surface area contributed by atoms with Crippen LogP contribution in [-0.4, -0.2) is 41.1 Å². The van der Waals surface area contributed by atoms with Gasteiger partial charge in [-0.3, -0.25) is 9.59 Å². The summed E-state index contributed by atoms with van der Waals surface area (Å²) < 4.78 is 0. The Hall–Kier alpha value is -2.16. The second-order valence-corrected chi connectivity index (χ2v) is 4.94. The SMILES string of the molecule is Cc1csc(C(C)NC(=O)NCC(=O)NCC(=O)O)n1. The summed E-state index contributed by atoms with van der Waals surface area (Å²) in [6.07, 6.45) is 0. The lowest BCUT2D eigenvalue weighted by Gasteiger charge is -2.12. The van der Waals surface area contributed by atoms with Gasteiger partial charge in [-0.2, -0.15) is 0 Å². The van der Waals surface area contributed by atoms with Crippen molar-refractivity contribution < 1.29 is 19.5 Å². The highest BCUT2D eigenvalue weighted by Crippen LogP contribution is 2.16. The van der Waals surface area contributed by atoms with E-state index < -0.39 is 24.5 Å². The van der Waals surface area contributed by atoms with Gasteiger partial charge in [0.2, 0.25) is 5.91 Å². The molecule has 0 spiro atoms. The number of carbonyl (C=O) groups is 3. The topological polar surface area (TPSA) is 120 Å². The zero-order chi connectivity index (χ0) is 15.1. The van der Waals surface area contributed by atoms with E-state index in [0.29, 0.717) is 0 Å². The Morgan fingerprint density at radius 2 is 2.05 bits per heavy atom. The molecule has 1 rings (SSSR count). The quantitative estimate of drug-likeness (QED) is 0.590. The van der Waals surface area contributed by atoms with Gasteiger partial charge < -0.3 is 21.1 Å². The Bertz CT molecular complexity index is 502. The monoisotopic (exact) mass is 300 g/mol. The summed E-state index contributed by atoms with van der Waals surface area (Å²) in [5, 5.41) is 18.1. The van der Waals surface area contributed by atoms with Gasteiger partial charge in [0.15, 0.2) is 0 Å². The number of urea groups is 1. The van der Waals surface area contributed by atoms with Crippen LogP contribution in [0.25, 0.3) is 0 Å². The molecule has 9 heteroatoms. The van der Waals surface area contributed by atoms with Gasteiger partial charge in [0.25, 0.3) is 0 Å². The maximum Gasteiger partial charge on any atom is 0.322 e. The molecule has 8 nitrogen and oxygen atoms in total. The molecular weight excluding hydrogens is 284 g/mol. The summed E-state index contributed by atoms with van der Waals surface area (Å²) in [4.78, 5) is 37.2. The van der Waals surface area contributed by atoms with E-state index in [1.807, 2.05) is 12.3 Å². The summed E-state index contributed by atoms with van der Waals surface area (Å²) >= 11 is 1.44. The van der Waals surface area contributed by atoms with Crippen LogP contribution in [0.2, 0.25) is 0 Å². The number of hydrogen-bond acceptors (Lipinski definition) is 5. The van der Waals surface area contributed by atoms with E-state index >= 15 is 0 Å². The maximum atomic E-state index is 11.5. The Balaban J connectivity index is 2.29. The van der Waals surface area contributed by atoms with Crippen molar-refractivity contribution in [3.8, 4) is 0 Å². The molecule has 0 aliphatic heterocycles. The van der Waals surface area contributed by atoms with Crippen LogP contribution in [-0.2, 0) is 9.59 Å². The number of aryl methyl sites for hydroxylation is 1. The summed E-state index contributed by atoms with van der Waals surface area (Å²) in [5.41, 5.74) is 0.882. The number of carboxylic acid groups (broad SMARTS) is 1. The minimum Gasteiger partial charge on any atom is -0.480 e. The Kier molecular flexibility index (Phi) is 5.91. The van der Waals surface area contributed by atoms with Gasteiger partial charge in [-0.1, -0.05) is 0 Å². The van der Waals surface area contributed by atoms with Crippen LogP contribution in [0, 0.1) is 6.92 Å². The molecule has 20 heavy (non-hydrogen) atoms. The van der Waals surface area contributed by atoms with E-state index in [-0.39, 0.29) is 12.6 Å². The van der Waals surface area contributed by atoms with E-state index in [9.17, 15) is 14.4 Å². The van der Waals surface area contributed by atoms with Gasteiger partial charge in [0.05, 0.1) is 12.6 Å². The van der Waals surface area contributed by atoms with Gasteiger partial charge >= 0.3 is 12.0 Å². The minimum absolute atomic E-state index is 0.268. The van der Waals surface area contributed by atoms with E-state index in [1.165, 1.54) is 11.3 Å². The molecule has 0 radical (unpaired) electrons. The first-order chi connectivity index (χ1) is 9.38. The number of hydrogen-bond donors (Lipinski definition) is 4. The van der Waals surface area contributed by atoms with Crippen molar-refractivity contribution in [2.24, 2.45) is 0 Å². The molecule has 0 aromatic carbocycles. The zero-order valence-electron chi connectivity index (χ0n) is 11.1. The van der Waals surface area contributed by atoms with E-state index in [2.05, 4.69) is 20.9 Å². The first-order valence-electron chi connectivity index (χ1n) is 5.83. The number of amides is 3. The lowest BCUT2D eigenvalue weighted by Crippen LogP contribution is -2.43. The van der Waals surface area contributed by atoms with Crippen molar-refractivity contribution in [2.75, 3.05) is 13.1 Å². The molecule has 0 saturated carbocycles. The Morgan fingerprint density at radius 3 is 2.60 bits per heavy atom. The lowest BCUT2D eigenvalue weighted by molar-refractivity contribution is -0.137. The van der Waals surface area contributed by atoms with Crippen LogP contribution < -0.4 is 16.0 Å². The molecule has 4 N–H and O–H groups in total. The molecular formula is C11H16N4O4S. The van der Waals surface area contributed by atoms with Gasteiger partial charge in [0, 0.05) is 11.1 Å². The standard InChI is InChI=1S/C11H16N4O4S/c1-6-5-20-10(14-6)7(2)15-11(19)13-3-8(16)12-4-9(17)18/h5,7H,3-4H2,1-2H3,(H,12,16)(H,17,18)(H2,13,15,19). The normalized spacial score (nSPS) is 11.5. The molecule has 0 saturated heterocycles. The predicted molar refractivity (Wildman–Crippen MR) is 72.4 cm³/mol. The Labute approximate surface area is 119 Å². The number of nitrogens with one attached hydrogen (secondary N) is 3. The second-order valence-electron chi connectivity index (χ2n) is 4.05. The van der Waals surface area contributed by atoms with Crippen LogP contribution in [0.1, 0.15) is 23.7 Å². The summed E-state index contributed by atoms with van der Waals surface area (Å²) in [5.74, 6) is -1.71. The molecule has 0 aliphatic rings. The second kappa shape index (κ2) is 7.43. The lowest BCUT2D eigenvalue weighted by atomic mass is 10.3. The summed E-state index contributed by atoms with van der Waals surface area (Å²) in [6.45, 7) is 2.88. The zero-order valence-corrected chi connectivity index (χ0v) is 11.9. The largest absolute Gasteiger partial charge is 0.480 e. The minimum atomic E-state index is -1.14. The molecule has 110 valence electrons. The maximum absolute atomic E-state index is 11.5. The van der Waals surface area contributed by atoms with Gasteiger partial charge in [-0.05, 0) is 13.8 Å². The summed E-state index contributed by atoms with van der Waals surface area (Å²) in [7, 11) is 0. The third-order valence-electron chi connectivity index (χ3n) is 2.20. The number of aliphatic carboxylic acids is 1. The number of nitrogens with zero attached hydrogens (tertiary/aromatic N) is 1. The van der Waals surface area contributed by atoms with E-state index in [0.717, 1.165) is 10.7 Å². The molecule has 0 fully saturated rings. The van der Waals surface area contributed by atoms with Crippen LogP contribution in [0.5, 0.6) is 0 Å². The molecule has 3 amide bonds. The van der Waals surface area contributed by atoms with Crippen LogP contribution in [0.15, 0.2) is 5.38 Å². The van der Waals surface area contributed by atoms with Crippen LogP contribution >= 0.6 is 11.3 Å². The molecule has 1 aromatic heterocycles. The first kappa shape index (κ1) is 15.9.